The first-order valence-electron chi connectivity index (χ1n) is 11.8. The van der Waals surface area contributed by atoms with Gasteiger partial charge in [0.2, 0.25) is 5.95 Å². The molecule has 1 N–H and O–H groups in total. The zero-order chi connectivity index (χ0) is 23.5. The summed E-state index contributed by atoms with van der Waals surface area (Å²) in [5.74, 6) is 0.534. The Morgan fingerprint density at radius 1 is 0.697 bits per heavy atom. The van der Waals surface area contributed by atoms with Crippen LogP contribution in [0.5, 0.6) is 0 Å². The van der Waals surface area contributed by atoms with Crippen LogP contribution in [0.15, 0.2) is 48.5 Å². The molecule has 0 fully saturated rings. The topological polar surface area (TPSA) is 53.9 Å². The van der Waals surface area contributed by atoms with Crippen molar-refractivity contribution in [3.05, 3.63) is 58.6 Å². The van der Waals surface area contributed by atoms with Crippen molar-refractivity contribution in [2.45, 2.75) is 46.0 Å². The summed E-state index contributed by atoms with van der Waals surface area (Å²) in [6.07, 6.45) is 6.00. The molecule has 3 rings (SSSR count). The van der Waals surface area contributed by atoms with E-state index in [0.717, 1.165) is 36.3 Å². The summed E-state index contributed by atoms with van der Waals surface area (Å²) in [5, 5.41) is 13.6. The molecule has 2 aromatic carbocycles. The lowest BCUT2D eigenvalue weighted by Crippen LogP contribution is -2.28. The Hall–Kier alpha value is -2.21. The molecule has 0 unspecified atom stereocenters. The van der Waals surface area contributed by atoms with Gasteiger partial charge in [-0.05, 0) is 63.2 Å². The van der Waals surface area contributed by atoms with Crippen LogP contribution in [0.25, 0.3) is 22.5 Å². The SMILES string of the molecule is CCCCN(CCCC)CCCNc1nnc(-c2ccc(Cl)cc2)c(-c2ccc(Cl)cc2)n1. The summed E-state index contributed by atoms with van der Waals surface area (Å²) >= 11 is 12.2. The Morgan fingerprint density at radius 3 is 1.76 bits per heavy atom. The number of hydrogen-bond donors (Lipinski definition) is 1. The number of aromatic nitrogens is 3. The van der Waals surface area contributed by atoms with Crippen molar-refractivity contribution in [2.24, 2.45) is 0 Å². The molecule has 0 amide bonds. The van der Waals surface area contributed by atoms with E-state index >= 15 is 0 Å². The number of halogens is 2. The van der Waals surface area contributed by atoms with Crippen molar-refractivity contribution < 1.29 is 0 Å². The van der Waals surface area contributed by atoms with Crippen molar-refractivity contribution in [1.82, 2.24) is 20.1 Å². The quantitative estimate of drug-likeness (QED) is 0.259. The first-order chi connectivity index (χ1) is 16.1. The number of rotatable bonds is 13. The van der Waals surface area contributed by atoms with Crippen molar-refractivity contribution in [1.29, 1.82) is 0 Å². The van der Waals surface area contributed by atoms with E-state index in [4.69, 9.17) is 28.2 Å². The smallest absolute Gasteiger partial charge is 0.243 e. The first-order valence-corrected chi connectivity index (χ1v) is 12.6. The maximum Gasteiger partial charge on any atom is 0.243 e. The Bertz CT molecular complexity index is 969. The van der Waals surface area contributed by atoms with Gasteiger partial charge in [-0.15, -0.1) is 10.2 Å². The van der Waals surface area contributed by atoms with Crippen molar-refractivity contribution in [3.63, 3.8) is 0 Å². The van der Waals surface area contributed by atoms with Crippen molar-refractivity contribution in [2.75, 3.05) is 31.5 Å². The van der Waals surface area contributed by atoms with Crippen LogP contribution in [0, 0.1) is 0 Å². The maximum atomic E-state index is 6.10. The van der Waals surface area contributed by atoms with Gasteiger partial charge in [0.15, 0.2) is 0 Å². The van der Waals surface area contributed by atoms with Crippen LogP contribution in [-0.4, -0.2) is 46.3 Å². The molecule has 0 bridgehead atoms. The average molecular weight is 486 g/mol. The van der Waals surface area contributed by atoms with Crippen LogP contribution in [0.2, 0.25) is 10.0 Å². The molecule has 0 saturated carbocycles. The van der Waals surface area contributed by atoms with E-state index in [1.54, 1.807) is 0 Å². The number of benzene rings is 2. The van der Waals surface area contributed by atoms with Gasteiger partial charge in [-0.25, -0.2) is 4.98 Å². The third kappa shape index (κ3) is 7.95. The molecule has 176 valence electrons. The lowest BCUT2D eigenvalue weighted by Gasteiger charge is -2.21. The highest BCUT2D eigenvalue weighted by atomic mass is 35.5. The van der Waals surface area contributed by atoms with Gasteiger partial charge < -0.3 is 10.2 Å². The summed E-state index contributed by atoms with van der Waals surface area (Å²) in [4.78, 5) is 7.38. The highest BCUT2D eigenvalue weighted by Crippen LogP contribution is 2.30. The molecule has 0 atom stereocenters. The lowest BCUT2D eigenvalue weighted by atomic mass is 10.0. The Morgan fingerprint density at radius 2 is 1.21 bits per heavy atom. The summed E-state index contributed by atoms with van der Waals surface area (Å²) in [6, 6.07) is 15.2. The van der Waals surface area contributed by atoms with E-state index in [9.17, 15) is 0 Å². The van der Waals surface area contributed by atoms with Gasteiger partial charge in [0.1, 0.15) is 11.4 Å². The number of anilines is 1. The molecule has 0 spiro atoms. The van der Waals surface area contributed by atoms with Crippen LogP contribution in [-0.2, 0) is 0 Å². The monoisotopic (exact) mass is 485 g/mol. The minimum absolute atomic E-state index is 0.534. The highest BCUT2D eigenvalue weighted by Gasteiger charge is 2.14. The molecule has 1 aromatic heterocycles. The molecule has 3 aromatic rings. The molecule has 5 nitrogen and oxygen atoms in total. The summed E-state index contributed by atoms with van der Waals surface area (Å²) in [7, 11) is 0. The minimum atomic E-state index is 0.534. The predicted octanol–water partition coefficient (Wildman–Crippen LogP) is 7.22. The van der Waals surface area contributed by atoms with E-state index in [1.807, 2.05) is 48.5 Å². The zero-order valence-electron chi connectivity index (χ0n) is 19.5. The van der Waals surface area contributed by atoms with Crippen LogP contribution in [0.3, 0.4) is 0 Å². The number of hydrogen-bond acceptors (Lipinski definition) is 5. The molecule has 7 heteroatoms. The summed E-state index contributed by atoms with van der Waals surface area (Å²) in [5.41, 5.74) is 3.33. The minimum Gasteiger partial charge on any atom is -0.353 e. The van der Waals surface area contributed by atoms with Crippen LogP contribution >= 0.6 is 23.2 Å². The third-order valence-electron chi connectivity index (χ3n) is 5.51. The standard InChI is InChI=1S/C26H33Cl2N5/c1-3-5-17-33(18-6-4-2)19-7-16-29-26-30-24(20-8-12-22(27)13-9-20)25(31-32-26)21-10-14-23(28)15-11-21/h8-15H,3-7,16-19H2,1-2H3,(H,29,30,32). The van der Waals surface area contributed by atoms with E-state index in [2.05, 4.69) is 34.3 Å². The van der Waals surface area contributed by atoms with Crippen LogP contribution in [0.1, 0.15) is 46.0 Å². The van der Waals surface area contributed by atoms with Gasteiger partial charge in [-0.2, -0.15) is 0 Å². The second-order valence-electron chi connectivity index (χ2n) is 8.18. The van der Waals surface area contributed by atoms with Crippen molar-refractivity contribution in [3.8, 4) is 22.5 Å². The first kappa shape index (κ1) is 25.4. The molecule has 1 heterocycles. The fraction of sp³-hybridized carbons (Fsp3) is 0.423. The molecular formula is C26H33Cl2N5. The maximum absolute atomic E-state index is 6.10. The fourth-order valence-corrected chi connectivity index (χ4v) is 3.87. The molecule has 0 aliphatic heterocycles. The summed E-state index contributed by atoms with van der Waals surface area (Å²) in [6.45, 7) is 8.71. The zero-order valence-corrected chi connectivity index (χ0v) is 21.0. The molecule has 0 aliphatic carbocycles. The number of nitrogens with one attached hydrogen (secondary N) is 1. The normalized spacial score (nSPS) is 11.2. The van der Waals surface area contributed by atoms with Crippen LogP contribution in [0.4, 0.5) is 5.95 Å². The highest BCUT2D eigenvalue weighted by molar-refractivity contribution is 6.31. The Labute approximate surface area is 207 Å². The second kappa shape index (κ2) is 13.5. The number of unbranched alkanes of at least 4 members (excludes halogenated alkanes) is 2. The van der Waals surface area contributed by atoms with Gasteiger partial charge in [0.25, 0.3) is 0 Å². The van der Waals surface area contributed by atoms with Gasteiger partial charge in [-0.1, -0.05) is 74.2 Å². The molecule has 0 saturated heterocycles. The number of nitrogens with zero attached hydrogens (tertiary/aromatic N) is 4. The van der Waals surface area contributed by atoms with Gasteiger partial charge >= 0.3 is 0 Å². The van der Waals surface area contributed by atoms with Crippen LogP contribution < -0.4 is 5.32 Å². The third-order valence-corrected chi connectivity index (χ3v) is 6.02. The Balaban J connectivity index is 1.72. The van der Waals surface area contributed by atoms with Crippen molar-refractivity contribution >= 4 is 29.2 Å². The van der Waals surface area contributed by atoms with E-state index < -0.39 is 0 Å². The van der Waals surface area contributed by atoms with Gasteiger partial charge in [0, 0.05) is 27.7 Å². The molecule has 0 aliphatic rings. The predicted molar refractivity (Wildman–Crippen MR) is 140 cm³/mol. The van der Waals surface area contributed by atoms with E-state index in [0.29, 0.717) is 21.7 Å². The van der Waals surface area contributed by atoms with Gasteiger partial charge in [0.05, 0.1) is 0 Å². The molecule has 0 radical (unpaired) electrons. The van der Waals surface area contributed by atoms with E-state index in [1.165, 1.54) is 38.8 Å². The second-order valence-corrected chi connectivity index (χ2v) is 9.05. The molecular weight excluding hydrogens is 453 g/mol. The van der Waals surface area contributed by atoms with E-state index in [-0.39, 0.29) is 0 Å². The lowest BCUT2D eigenvalue weighted by molar-refractivity contribution is 0.264. The average Bonchev–Trinajstić information content (AvgIpc) is 2.84. The Kier molecular flexibility index (Phi) is 10.4. The van der Waals surface area contributed by atoms with Gasteiger partial charge in [-0.3, -0.25) is 0 Å². The molecule has 33 heavy (non-hydrogen) atoms. The largest absolute Gasteiger partial charge is 0.353 e. The summed E-state index contributed by atoms with van der Waals surface area (Å²) < 4.78 is 0. The fourth-order valence-electron chi connectivity index (χ4n) is 3.61.